The molecule has 0 aliphatic carbocycles. The number of hydrogen-bond donors (Lipinski definition) is 2. The van der Waals surface area contributed by atoms with Crippen molar-refractivity contribution in [2.75, 3.05) is 13.2 Å². The van der Waals surface area contributed by atoms with Gasteiger partial charge in [0.2, 0.25) is 0 Å². The number of esters is 1. The summed E-state index contributed by atoms with van der Waals surface area (Å²) in [6, 6.07) is 30.7. The zero-order valence-electron chi connectivity index (χ0n) is 22.3. The van der Waals surface area contributed by atoms with Crippen LogP contribution in [0.5, 0.6) is 11.5 Å². The second-order valence-electron chi connectivity index (χ2n) is 9.05. The Kier molecular flexibility index (Phi) is 8.30. The van der Waals surface area contributed by atoms with Gasteiger partial charge in [0.15, 0.2) is 0 Å². The molecule has 0 unspecified atom stereocenters. The lowest BCUT2D eigenvalue weighted by Crippen LogP contribution is -2.35. The van der Waals surface area contributed by atoms with Gasteiger partial charge >= 0.3 is 5.97 Å². The van der Waals surface area contributed by atoms with Crippen molar-refractivity contribution >= 4 is 45.5 Å². The number of benzene rings is 5. The van der Waals surface area contributed by atoms with Gasteiger partial charge in [0.05, 0.1) is 24.9 Å². The fourth-order valence-corrected chi connectivity index (χ4v) is 4.40. The van der Waals surface area contributed by atoms with E-state index in [4.69, 9.17) is 9.47 Å². The number of nitrogens with one attached hydrogen (secondary N) is 2. The fraction of sp³-hybridized carbons (Fsp3) is 0.0909. The van der Waals surface area contributed by atoms with E-state index in [-0.39, 0.29) is 18.2 Å². The van der Waals surface area contributed by atoms with Crippen LogP contribution in [0.15, 0.2) is 108 Å². The van der Waals surface area contributed by atoms with Crippen molar-refractivity contribution in [3.8, 4) is 11.5 Å². The van der Waals surface area contributed by atoms with Gasteiger partial charge in [-0.05, 0) is 64.9 Å². The lowest BCUT2D eigenvalue weighted by molar-refractivity contribution is -0.120. The van der Waals surface area contributed by atoms with Gasteiger partial charge in [0.1, 0.15) is 11.5 Å². The quantitative estimate of drug-likeness (QED) is 0.110. The standard InChI is InChI=1S/C33H27N3O5/c1-2-40-25-17-14-24(15-18-25)33(39)41-30-19-16-23-9-4-6-12-27(23)29(30)20-35-36-31(37)21-34-32(38)28-13-7-10-22-8-3-5-11-26(22)28/h3-20H,2,21H2,1H3,(H,34,38)(H,36,37). The molecule has 0 bridgehead atoms. The van der Waals surface area contributed by atoms with E-state index in [0.29, 0.717) is 29.0 Å². The maximum absolute atomic E-state index is 12.9. The highest BCUT2D eigenvalue weighted by Gasteiger charge is 2.15. The van der Waals surface area contributed by atoms with E-state index in [9.17, 15) is 14.4 Å². The Labute approximate surface area is 236 Å². The van der Waals surface area contributed by atoms with Crippen LogP contribution in [0.25, 0.3) is 21.5 Å². The van der Waals surface area contributed by atoms with E-state index in [1.165, 1.54) is 6.21 Å². The van der Waals surface area contributed by atoms with Gasteiger partial charge in [-0.1, -0.05) is 66.7 Å². The summed E-state index contributed by atoms with van der Waals surface area (Å²) in [6.45, 7) is 2.14. The second-order valence-corrected chi connectivity index (χ2v) is 9.05. The van der Waals surface area contributed by atoms with Crippen molar-refractivity contribution in [2.24, 2.45) is 5.10 Å². The number of amides is 2. The largest absolute Gasteiger partial charge is 0.494 e. The number of ether oxygens (including phenoxy) is 2. The normalized spacial score (nSPS) is 11.0. The van der Waals surface area contributed by atoms with Crippen LogP contribution < -0.4 is 20.2 Å². The Morgan fingerprint density at radius 2 is 1.46 bits per heavy atom. The number of carbonyl (C=O) groups excluding carboxylic acids is 3. The van der Waals surface area contributed by atoms with E-state index in [1.807, 2.05) is 67.6 Å². The van der Waals surface area contributed by atoms with Gasteiger partial charge in [-0.25, -0.2) is 10.2 Å². The lowest BCUT2D eigenvalue weighted by Gasteiger charge is -2.11. The molecule has 8 heteroatoms. The third-order valence-corrected chi connectivity index (χ3v) is 6.36. The van der Waals surface area contributed by atoms with Crippen LogP contribution >= 0.6 is 0 Å². The van der Waals surface area contributed by atoms with Crippen molar-refractivity contribution in [2.45, 2.75) is 6.92 Å². The van der Waals surface area contributed by atoms with Crippen LogP contribution in [0.4, 0.5) is 0 Å². The molecule has 2 amide bonds. The Hall–Kier alpha value is -5.50. The first-order valence-corrected chi connectivity index (χ1v) is 13.1. The summed E-state index contributed by atoms with van der Waals surface area (Å²) in [6.07, 6.45) is 1.42. The molecule has 41 heavy (non-hydrogen) atoms. The van der Waals surface area contributed by atoms with Crippen molar-refractivity contribution < 1.29 is 23.9 Å². The Bertz CT molecular complexity index is 1760. The lowest BCUT2D eigenvalue weighted by atomic mass is 10.0. The van der Waals surface area contributed by atoms with Crippen LogP contribution in [0.1, 0.15) is 33.2 Å². The van der Waals surface area contributed by atoms with Gasteiger partial charge < -0.3 is 14.8 Å². The first-order chi connectivity index (χ1) is 20.0. The van der Waals surface area contributed by atoms with E-state index >= 15 is 0 Å². The molecule has 0 heterocycles. The molecule has 0 aliphatic rings. The molecule has 5 rings (SSSR count). The molecule has 0 fully saturated rings. The summed E-state index contributed by atoms with van der Waals surface area (Å²) in [7, 11) is 0. The number of hydrogen-bond acceptors (Lipinski definition) is 6. The Morgan fingerprint density at radius 1 is 0.780 bits per heavy atom. The molecular weight excluding hydrogens is 518 g/mol. The van der Waals surface area contributed by atoms with Crippen LogP contribution in [-0.4, -0.2) is 37.1 Å². The highest BCUT2D eigenvalue weighted by molar-refractivity contribution is 6.08. The van der Waals surface area contributed by atoms with Crippen molar-refractivity contribution in [1.29, 1.82) is 0 Å². The minimum absolute atomic E-state index is 0.269. The fourth-order valence-electron chi connectivity index (χ4n) is 4.40. The molecule has 0 atom stereocenters. The van der Waals surface area contributed by atoms with Crippen LogP contribution in [0.3, 0.4) is 0 Å². The SMILES string of the molecule is CCOc1ccc(C(=O)Oc2ccc3ccccc3c2C=NNC(=O)CNC(=O)c2cccc3ccccc23)cc1. The molecule has 0 aromatic heterocycles. The minimum Gasteiger partial charge on any atom is -0.494 e. The third kappa shape index (κ3) is 6.39. The highest BCUT2D eigenvalue weighted by atomic mass is 16.5. The van der Waals surface area contributed by atoms with E-state index < -0.39 is 11.9 Å². The van der Waals surface area contributed by atoms with Crippen molar-refractivity contribution in [3.05, 3.63) is 120 Å². The smallest absolute Gasteiger partial charge is 0.343 e. The van der Waals surface area contributed by atoms with Gasteiger partial charge in [-0.2, -0.15) is 5.10 Å². The molecule has 0 spiro atoms. The average molecular weight is 546 g/mol. The first kappa shape index (κ1) is 27.1. The summed E-state index contributed by atoms with van der Waals surface area (Å²) >= 11 is 0. The van der Waals surface area contributed by atoms with Crippen LogP contribution in [0.2, 0.25) is 0 Å². The minimum atomic E-state index is -0.543. The van der Waals surface area contributed by atoms with Gasteiger partial charge in [0, 0.05) is 11.1 Å². The van der Waals surface area contributed by atoms with E-state index in [2.05, 4.69) is 15.8 Å². The van der Waals surface area contributed by atoms with Crippen LogP contribution in [0, 0.1) is 0 Å². The molecule has 0 saturated heterocycles. The zero-order valence-corrected chi connectivity index (χ0v) is 22.3. The molecule has 5 aromatic carbocycles. The summed E-state index contributed by atoms with van der Waals surface area (Å²) in [5.41, 5.74) is 3.79. The summed E-state index contributed by atoms with van der Waals surface area (Å²) in [5, 5.41) is 10.1. The van der Waals surface area contributed by atoms with Gasteiger partial charge in [-0.3, -0.25) is 9.59 Å². The highest BCUT2D eigenvalue weighted by Crippen LogP contribution is 2.28. The molecule has 0 aliphatic heterocycles. The molecule has 204 valence electrons. The first-order valence-electron chi connectivity index (χ1n) is 13.1. The molecule has 0 radical (unpaired) electrons. The van der Waals surface area contributed by atoms with Gasteiger partial charge in [0.25, 0.3) is 11.8 Å². The summed E-state index contributed by atoms with van der Waals surface area (Å²) in [4.78, 5) is 38.1. The Morgan fingerprint density at radius 3 is 2.22 bits per heavy atom. The molecule has 0 saturated carbocycles. The van der Waals surface area contributed by atoms with Gasteiger partial charge in [-0.15, -0.1) is 0 Å². The second kappa shape index (κ2) is 12.6. The van der Waals surface area contributed by atoms with Crippen molar-refractivity contribution in [1.82, 2.24) is 10.7 Å². The average Bonchev–Trinajstić information content (AvgIpc) is 3.01. The molecule has 8 nitrogen and oxygen atoms in total. The number of hydrazone groups is 1. The van der Waals surface area contributed by atoms with E-state index in [1.54, 1.807) is 42.5 Å². The number of rotatable bonds is 9. The predicted molar refractivity (Wildman–Crippen MR) is 159 cm³/mol. The molecule has 5 aromatic rings. The summed E-state index contributed by atoms with van der Waals surface area (Å²) < 4.78 is 11.2. The molecule has 2 N–H and O–H groups in total. The maximum Gasteiger partial charge on any atom is 0.343 e. The molecular formula is C33H27N3O5. The third-order valence-electron chi connectivity index (χ3n) is 6.36. The number of nitrogens with zero attached hydrogens (tertiary/aromatic N) is 1. The Balaban J connectivity index is 1.28. The van der Waals surface area contributed by atoms with Crippen LogP contribution in [-0.2, 0) is 4.79 Å². The van der Waals surface area contributed by atoms with Crippen molar-refractivity contribution in [3.63, 3.8) is 0 Å². The predicted octanol–water partition coefficient (Wildman–Crippen LogP) is 5.49. The number of carbonyl (C=O) groups is 3. The number of fused-ring (bicyclic) bond motifs is 2. The van der Waals surface area contributed by atoms with E-state index in [0.717, 1.165) is 21.5 Å². The maximum atomic E-state index is 12.9. The zero-order chi connectivity index (χ0) is 28.6. The summed E-state index contributed by atoms with van der Waals surface area (Å²) in [5.74, 6) is -0.476. The monoisotopic (exact) mass is 545 g/mol. The topological polar surface area (TPSA) is 106 Å².